The number of allylic oxidation sites excluding steroid dienone is 1. The highest BCUT2D eigenvalue weighted by molar-refractivity contribution is 5.68. The van der Waals surface area contributed by atoms with Crippen LogP contribution in [0.1, 0.15) is 46.0 Å². The molecule has 0 heterocycles. The molecular formula is C11H20O2. The van der Waals surface area contributed by atoms with Gasteiger partial charge in [-0.1, -0.05) is 38.8 Å². The molecular weight excluding hydrogens is 164 g/mol. The lowest BCUT2D eigenvalue weighted by Crippen LogP contribution is -2.02. The zero-order chi connectivity index (χ0) is 9.94. The van der Waals surface area contributed by atoms with Gasteiger partial charge in [-0.25, -0.2) is 0 Å². The van der Waals surface area contributed by atoms with Crippen molar-refractivity contribution in [3.05, 3.63) is 12.2 Å². The predicted molar refractivity (Wildman–Crippen MR) is 54.5 cm³/mol. The van der Waals surface area contributed by atoms with Gasteiger partial charge in [-0.3, -0.25) is 4.79 Å². The van der Waals surface area contributed by atoms with Crippen molar-refractivity contribution in [1.82, 2.24) is 0 Å². The third kappa shape index (κ3) is 9.12. The summed E-state index contributed by atoms with van der Waals surface area (Å²) in [5, 5.41) is 0. The van der Waals surface area contributed by atoms with Gasteiger partial charge in [-0.05, 0) is 12.8 Å². The van der Waals surface area contributed by atoms with Crippen molar-refractivity contribution in [2.24, 2.45) is 0 Å². The Kier molecular flexibility index (Phi) is 8.73. The number of carbonyl (C=O) groups excluding carboxylic acids is 1. The molecule has 0 aliphatic rings. The quantitative estimate of drug-likeness (QED) is 0.345. The highest BCUT2D eigenvalue weighted by atomic mass is 16.5. The van der Waals surface area contributed by atoms with E-state index in [-0.39, 0.29) is 5.97 Å². The lowest BCUT2D eigenvalue weighted by Gasteiger charge is -1.98. The molecule has 0 N–H and O–H groups in total. The van der Waals surface area contributed by atoms with Crippen LogP contribution in [0.25, 0.3) is 0 Å². The number of hydrogen-bond donors (Lipinski definition) is 0. The van der Waals surface area contributed by atoms with Crippen LogP contribution in [-0.2, 0) is 9.53 Å². The van der Waals surface area contributed by atoms with Gasteiger partial charge in [0.2, 0.25) is 0 Å². The lowest BCUT2D eigenvalue weighted by atomic mass is 10.2. The third-order valence-electron chi connectivity index (χ3n) is 1.73. The number of hydrogen-bond acceptors (Lipinski definition) is 2. The Morgan fingerprint density at radius 2 is 1.92 bits per heavy atom. The molecule has 76 valence electrons. The first-order valence-corrected chi connectivity index (χ1v) is 5.11. The van der Waals surface area contributed by atoms with Crippen LogP contribution in [0.5, 0.6) is 0 Å². The SMILES string of the molecule is CCCC/C=C/CCOC(=O)CC. The second kappa shape index (κ2) is 9.30. The summed E-state index contributed by atoms with van der Waals surface area (Å²) in [4.78, 5) is 10.7. The van der Waals surface area contributed by atoms with Crippen LogP contribution in [0.3, 0.4) is 0 Å². The largest absolute Gasteiger partial charge is 0.465 e. The predicted octanol–water partition coefficient (Wildman–Crippen LogP) is 3.08. The number of rotatable bonds is 7. The van der Waals surface area contributed by atoms with Crippen molar-refractivity contribution >= 4 is 5.97 Å². The van der Waals surface area contributed by atoms with E-state index >= 15 is 0 Å². The van der Waals surface area contributed by atoms with Gasteiger partial charge in [0.25, 0.3) is 0 Å². The van der Waals surface area contributed by atoms with E-state index in [0.29, 0.717) is 13.0 Å². The fourth-order valence-corrected chi connectivity index (χ4v) is 0.901. The summed E-state index contributed by atoms with van der Waals surface area (Å²) in [5.74, 6) is -0.109. The van der Waals surface area contributed by atoms with Crippen molar-refractivity contribution in [2.45, 2.75) is 46.0 Å². The Hall–Kier alpha value is -0.790. The van der Waals surface area contributed by atoms with Crippen molar-refractivity contribution in [1.29, 1.82) is 0 Å². The Morgan fingerprint density at radius 1 is 1.23 bits per heavy atom. The van der Waals surface area contributed by atoms with Crippen molar-refractivity contribution < 1.29 is 9.53 Å². The fourth-order valence-electron chi connectivity index (χ4n) is 0.901. The van der Waals surface area contributed by atoms with Gasteiger partial charge in [-0.15, -0.1) is 0 Å². The van der Waals surface area contributed by atoms with E-state index in [0.717, 1.165) is 12.8 Å². The third-order valence-corrected chi connectivity index (χ3v) is 1.73. The number of carbonyl (C=O) groups is 1. The highest BCUT2D eigenvalue weighted by Gasteiger charge is 1.94. The minimum atomic E-state index is -0.109. The van der Waals surface area contributed by atoms with Gasteiger partial charge in [0.1, 0.15) is 0 Å². The molecule has 0 fully saturated rings. The smallest absolute Gasteiger partial charge is 0.305 e. The average Bonchev–Trinajstić information content (AvgIpc) is 2.16. The van der Waals surface area contributed by atoms with E-state index in [2.05, 4.69) is 19.1 Å². The molecule has 0 aromatic heterocycles. The molecule has 0 spiro atoms. The molecule has 0 radical (unpaired) electrons. The molecule has 0 saturated heterocycles. The standard InChI is InChI=1S/C11H20O2/c1-3-5-6-7-8-9-10-13-11(12)4-2/h7-8H,3-6,9-10H2,1-2H3/b8-7+. The van der Waals surface area contributed by atoms with Crippen LogP contribution in [0.4, 0.5) is 0 Å². The van der Waals surface area contributed by atoms with E-state index < -0.39 is 0 Å². The average molecular weight is 184 g/mol. The summed E-state index contributed by atoms with van der Waals surface area (Å²) in [6.07, 6.45) is 9.16. The Balaban J connectivity index is 3.15. The summed E-state index contributed by atoms with van der Waals surface area (Å²) in [7, 11) is 0. The first kappa shape index (κ1) is 12.2. The molecule has 0 bridgehead atoms. The molecule has 0 unspecified atom stereocenters. The maximum absolute atomic E-state index is 10.7. The minimum Gasteiger partial charge on any atom is -0.465 e. The molecule has 0 rings (SSSR count). The van der Waals surface area contributed by atoms with Crippen molar-refractivity contribution in [2.75, 3.05) is 6.61 Å². The zero-order valence-corrected chi connectivity index (χ0v) is 8.71. The Bertz CT molecular complexity index is 150. The van der Waals surface area contributed by atoms with Crippen molar-refractivity contribution in [3.8, 4) is 0 Å². The first-order chi connectivity index (χ1) is 6.31. The normalized spacial score (nSPS) is 10.6. The Morgan fingerprint density at radius 3 is 2.54 bits per heavy atom. The van der Waals surface area contributed by atoms with E-state index in [1.54, 1.807) is 6.92 Å². The van der Waals surface area contributed by atoms with Crippen LogP contribution in [-0.4, -0.2) is 12.6 Å². The lowest BCUT2D eigenvalue weighted by molar-refractivity contribution is -0.143. The second-order valence-electron chi connectivity index (χ2n) is 2.98. The van der Waals surface area contributed by atoms with E-state index in [9.17, 15) is 4.79 Å². The zero-order valence-electron chi connectivity index (χ0n) is 8.71. The Labute approximate surface area is 81.0 Å². The van der Waals surface area contributed by atoms with Crippen LogP contribution in [0.2, 0.25) is 0 Å². The molecule has 0 atom stereocenters. The van der Waals surface area contributed by atoms with Crippen LogP contribution >= 0.6 is 0 Å². The van der Waals surface area contributed by atoms with Gasteiger partial charge >= 0.3 is 5.97 Å². The van der Waals surface area contributed by atoms with Gasteiger partial charge < -0.3 is 4.74 Å². The minimum absolute atomic E-state index is 0.109. The molecule has 2 nitrogen and oxygen atoms in total. The molecule has 0 aromatic rings. The molecule has 0 aliphatic heterocycles. The summed E-state index contributed by atoms with van der Waals surface area (Å²) >= 11 is 0. The van der Waals surface area contributed by atoms with Gasteiger partial charge in [-0.2, -0.15) is 0 Å². The van der Waals surface area contributed by atoms with Gasteiger partial charge in [0.05, 0.1) is 6.61 Å². The van der Waals surface area contributed by atoms with E-state index in [1.807, 2.05) is 0 Å². The number of esters is 1. The monoisotopic (exact) mass is 184 g/mol. The van der Waals surface area contributed by atoms with Crippen LogP contribution < -0.4 is 0 Å². The van der Waals surface area contributed by atoms with E-state index in [1.165, 1.54) is 12.8 Å². The van der Waals surface area contributed by atoms with E-state index in [4.69, 9.17) is 4.74 Å². The number of unbranched alkanes of at least 4 members (excludes halogenated alkanes) is 2. The molecule has 0 saturated carbocycles. The van der Waals surface area contributed by atoms with Crippen LogP contribution in [0.15, 0.2) is 12.2 Å². The van der Waals surface area contributed by atoms with Gasteiger partial charge in [0, 0.05) is 6.42 Å². The fraction of sp³-hybridized carbons (Fsp3) is 0.727. The molecule has 0 amide bonds. The molecule has 0 aliphatic carbocycles. The topological polar surface area (TPSA) is 26.3 Å². The molecule has 2 heteroatoms. The first-order valence-electron chi connectivity index (χ1n) is 5.11. The van der Waals surface area contributed by atoms with Gasteiger partial charge in [0.15, 0.2) is 0 Å². The second-order valence-corrected chi connectivity index (χ2v) is 2.98. The maximum atomic E-state index is 10.7. The summed E-state index contributed by atoms with van der Waals surface area (Å²) < 4.78 is 4.91. The molecule has 13 heavy (non-hydrogen) atoms. The number of ether oxygens (including phenoxy) is 1. The highest BCUT2D eigenvalue weighted by Crippen LogP contribution is 1.96. The molecule has 0 aromatic carbocycles. The van der Waals surface area contributed by atoms with Crippen LogP contribution in [0, 0.1) is 0 Å². The summed E-state index contributed by atoms with van der Waals surface area (Å²) in [5.41, 5.74) is 0. The van der Waals surface area contributed by atoms with Crippen molar-refractivity contribution in [3.63, 3.8) is 0 Å². The summed E-state index contributed by atoms with van der Waals surface area (Å²) in [6, 6.07) is 0. The maximum Gasteiger partial charge on any atom is 0.305 e. The summed E-state index contributed by atoms with van der Waals surface area (Å²) in [6.45, 7) is 4.51.